The number of ether oxygens (including phenoxy) is 1. The minimum atomic E-state index is -0.159. The molecule has 0 aromatic rings. The molecule has 1 aliphatic rings. The lowest BCUT2D eigenvalue weighted by molar-refractivity contribution is -0.160. The molecule has 0 atom stereocenters. The minimum absolute atomic E-state index is 0.0243. The predicted molar refractivity (Wildman–Crippen MR) is 60.6 cm³/mol. The van der Waals surface area contributed by atoms with E-state index in [0.29, 0.717) is 6.42 Å². The summed E-state index contributed by atoms with van der Waals surface area (Å²) in [5, 5.41) is 0. The van der Waals surface area contributed by atoms with E-state index in [0.717, 1.165) is 18.6 Å². The van der Waals surface area contributed by atoms with Crippen molar-refractivity contribution in [1.29, 1.82) is 0 Å². The van der Waals surface area contributed by atoms with Crippen molar-refractivity contribution in [2.45, 2.75) is 51.0 Å². The van der Waals surface area contributed by atoms with Gasteiger partial charge in [-0.15, -0.1) is 0 Å². The SMILES string of the molecule is CSCCC(=O)OC1(C)CCCCC1. The minimum Gasteiger partial charge on any atom is -0.459 e. The van der Waals surface area contributed by atoms with Crippen LogP contribution in [0.3, 0.4) is 0 Å². The summed E-state index contributed by atoms with van der Waals surface area (Å²) in [6, 6.07) is 0. The van der Waals surface area contributed by atoms with Gasteiger partial charge in [0.1, 0.15) is 5.60 Å². The second kappa shape index (κ2) is 5.64. The zero-order chi connectivity index (χ0) is 10.4. The van der Waals surface area contributed by atoms with E-state index in [1.807, 2.05) is 6.26 Å². The molecule has 0 saturated heterocycles. The van der Waals surface area contributed by atoms with Crippen molar-refractivity contribution in [1.82, 2.24) is 0 Å². The van der Waals surface area contributed by atoms with Crippen molar-refractivity contribution in [3.05, 3.63) is 0 Å². The molecule has 0 aromatic carbocycles. The van der Waals surface area contributed by atoms with Crippen LogP contribution in [0.1, 0.15) is 45.4 Å². The van der Waals surface area contributed by atoms with Crippen LogP contribution in [0.15, 0.2) is 0 Å². The van der Waals surface area contributed by atoms with Crippen molar-refractivity contribution < 1.29 is 9.53 Å². The molecule has 0 radical (unpaired) electrons. The fourth-order valence-electron chi connectivity index (χ4n) is 1.91. The molecule has 0 heterocycles. The molecule has 14 heavy (non-hydrogen) atoms. The third-order valence-corrected chi connectivity index (χ3v) is 3.39. The van der Waals surface area contributed by atoms with Crippen LogP contribution in [0, 0.1) is 0 Å². The van der Waals surface area contributed by atoms with E-state index < -0.39 is 0 Å². The van der Waals surface area contributed by atoms with Crippen LogP contribution in [0.4, 0.5) is 0 Å². The van der Waals surface area contributed by atoms with E-state index in [4.69, 9.17) is 4.74 Å². The normalized spacial score (nSPS) is 20.4. The van der Waals surface area contributed by atoms with Crippen LogP contribution in [0.2, 0.25) is 0 Å². The predicted octanol–water partition coefficient (Wildman–Crippen LogP) is 3.01. The van der Waals surface area contributed by atoms with Crippen LogP contribution >= 0.6 is 11.8 Å². The Kier molecular flexibility index (Phi) is 4.79. The molecule has 2 nitrogen and oxygen atoms in total. The van der Waals surface area contributed by atoms with Crippen molar-refractivity contribution >= 4 is 17.7 Å². The average Bonchev–Trinajstić information content (AvgIpc) is 2.15. The zero-order valence-electron chi connectivity index (χ0n) is 9.17. The van der Waals surface area contributed by atoms with Gasteiger partial charge in [-0.05, 0) is 38.9 Å². The van der Waals surface area contributed by atoms with Crippen molar-refractivity contribution in [2.75, 3.05) is 12.0 Å². The smallest absolute Gasteiger partial charge is 0.307 e. The largest absolute Gasteiger partial charge is 0.459 e. The monoisotopic (exact) mass is 216 g/mol. The molecule has 3 heteroatoms. The first-order chi connectivity index (χ1) is 6.66. The summed E-state index contributed by atoms with van der Waals surface area (Å²) >= 11 is 1.69. The maximum absolute atomic E-state index is 11.4. The molecule has 0 bridgehead atoms. The number of rotatable bonds is 4. The lowest BCUT2D eigenvalue weighted by atomic mass is 9.86. The van der Waals surface area contributed by atoms with Crippen LogP contribution in [-0.2, 0) is 9.53 Å². The first-order valence-corrected chi connectivity index (χ1v) is 6.76. The summed E-state index contributed by atoms with van der Waals surface area (Å²) in [5.74, 6) is 0.846. The molecule has 0 spiro atoms. The Morgan fingerprint density at radius 2 is 2.00 bits per heavy atom. The number of esters is 1. The molecule has 1 saturated carbocycles. The maximum atomic E-state index is 11.4. The van der Waals surface area contributed by atoms with E-state index >= 15 is 0 Å². The molecule has 0 amide bonds. The molecular formula is C11H20O2S. The lowest BCUT2D eigenvalue weighted by Crippen LogP contribution is -2.34. The quantitative estimate of drug-likeness (QED) is 0.676. The van der Waals surface area contributed by atoms with E-state index in [-0.39, 0.29) is 11.6 Å². The Bertz CT molecular complexity index is 186. The fourth-order valence-corrected chi connectivity index (χ4v) is 2.28. The molecule has 0 unspecified atom stereocenters. The van der Waals surface area contributed by atoms with E-state index in [9.17, 15) is 4.79 Å². The third kappa shape index (κ3) is 3.91. The Morgan fingerprint density at radius 1 is 1.36 bits per heavy atom. The summed E-state index contributed by atoms with van der Waals surface area (Å²) < 4.78 is 5.53. The van der Waals surface area contributed by atoms with Gasteiger partial charge in [0.15, 0.2) is 0 Å². The second-order valence-electron chi connectivity index (χ2n) is 4.23. The van der Waals surface area contributed by atoms with Gasteiger partial charge in [0.2, 0.25) is 0 Å². The van der Waals surface area contributed by atoms with Gasteiger partial charge in [-0.3, -0.25) is 4.79 Å². The molecule has 0 N–H and O–H groups in total. The lowest BCUT2D eigenvalue weighted by Gasteiger charge is -2.33. The summed E-state index contributed by atoms with van der Waals surface area (Å²) in [4.78, 5) is 11.4. The number of hydrogen-bond donors (Lipinski definition) is 0. The van der Waals surface area contributed by atoms with E-state index in [2.05, 4.69) is 6.92 Å². The molecule has 0 aliphatic heterocycles. The van der Waals surface area contributed by atoms with Gasteiger partial charge < -0.3 is 4.74 Å². The number of carbonyl (C=O) groups is 1. The maximum Gasteiger partial charge on any atom is 0.307 e. The molecule has 1 aliphatic carbocycles. The Morgan fingerprint density at radius 3 is 2.57 bits per heavy atom. The second-order valence-corrected chi connectivity index (χ2v) is 5.21. The fraction of sp³-hybridized carbons (Fsp3) is 0.909. The number of hydrogen-bond acceptors (Lipinski definition) is 3. The third-order valence-electron chi connectivity index (χ3n) is 2.78. The first-order valence-electron chi connectivity index (χ1n) is 5.37. The molecular weight excluding hydrogens is 196 g/mol. The van der Waals surface area contributed by atoms with Crippen LogP contribution in [0.5, 0.6) is 0 Å². The van der Waals surface area contributed by atoms with Crippen LogP contribution in [-0.4, -0.2) is 23.6 Å². The summed E-state index contributed by atoms with van der Waals surface area (Å²) in [7, 11) is 0. The highest BCUT2D eigenvalue weighted by Gasteiger charge is 2.30. The van der Waals surface area contributed by atoms with Crippen LogP contribution < -0.4 is 0 Å². The number of carbonyl (C=O) groups excluding carboxylic acids is 1. The Labute approximate surface area is 90.8 Å². The van der Waals surface area contributed by atoms with Gasteiger partial charge in [0.25, 0.3) is 0 Å². The summed E-state index contributed by atoms with van der Waals surface area (Å²) in [6.07, 6.45) is 8.33. The molecule has 82 valence electrons. The highest BCUT2D eigenvalue weighted by atomic mass is 32.2. The van der Waals surface area contributed by atoms with E-state index in [1.54, 1.807) is 11.8 Å². The topological polar surface area (TPSA) is 26.3 Å². The highest BCUT2D eigenvalue weighted by Crippen LogP contribution is 2.31. The first kappa shape index (κ1) is 11.9. The van der Waals surface area contributed by atoms with Crippen molar-refractivity contribution in [3.63, 3.8) is 0 Å². The van der Waals surface area contributed by atoms with Gasteiger partial charge in [-0.25, -0.2) is 0 Å². The summed E-state index contributed by atoms with van der Waals surface area (Å²) in [6.45, 7) is 2.07. The Hall–Kier alpha value is -0.180. The molecule has 1 fully saturated rings. The van der Waals surface area contributed by atoms with Gasteiger partial charge in [0.05, 0.1) is 6.42 Å². The average molecular weight is 216 g/mol. The Balaban J connectivity index is 2.29. The molecule has 1 rings (SSSR count). The molecule has 0 aromatic heterocycles. The van der Waals surface area contributed by atoms with Crippen molar-refractivity contribution in [3.8, 4) is 0 Å². The van der Waals surface area contributed by atoms with Crippen LogP contribution in [0.25, 0.3) is 0 Å². The highest BCUT2D eigenvalue weighted by molar-refractivity contribution is 7.98. The zero-order valence-corrected chi connectivity index (χ0v) is 9.99. The standard InChI is InChI=1S/C11H20O2S/c1-11(7-4-3-5-8-11)13-10(12)6-9-14-2/h3-9H2,1-2H3. The van der Waals surface area contributed by atoms with Gasteiger partial charge in [-0.1, -0.05) is 6.42 Å². The van der Waals surface area contributed by atoms with E-state index in [1.165, 1.54) is 19.3 Å². The van der Waals surface area contributed by atoms with Crippen molar-refractivity contribution in [2.24, 2.45) is 0 Å². The van der Waals surface area contributed by atoms with Gasteiger partial charge in [-0.2, -0.15) is 11.8 Å². The van der Waals surface area contributed by atoms with Gasteiger partial charge in [0, 0.05) is 5.75 Å². The summed E-state index contributed by atoms with van der Waals surface area (Å²) in [5.41, 5.74) is -0.159. The number of thioether (sulfide) groups is 1. The van der Waals surface area contributed by atoms with Gasteiger partial charge >= 0.3 is 5.97 Å².